The number of halogens is 1. The third kappa shape index (κ3) is 1.93. The van der Waals surface area contributed by atoms with Crippen molar-refractivity contribution >= 4 is 11.6 Å². The van der Waals surface area contributed by atoms with Crippen LogP contribution in [-0.4, -0.2) is 17.1 Å². The molecule has 92 valence electrons. The van der Waals surface area contributed by atoms with Gasteiger partial charge in [0.15, 0.2) is 0 Å². The summed E-state index contributed by atoms with van der Waals surface area (Å²) in [6, 6.07) is 3.83. The Bertz CT molecular complexity index is 640. The number of aromatic nitrogens is 2. The number of nitrogens with zero attached hydrogens (tertiary/aromatic N) is 2. The second-order valence-corrected chi connectivity index (χ2v) is 4.34. The third-order valence-electron chi connectivity index (χ3n) is 2.82. The lowest BCUT2D eigenvalue weighted by Crippen LogP contribution is -1.94. The zero-order valence-electron chi connectivity index (χ0n) is 10.3. The van der Waals surface area contributed by atoms with Crippen LogP contribution >= 0.6 is 11.6 Å². The normalized spacial score (nSPS) is 10.2. The highest BCUT2D eigenvalue weighted by atomic mass is 35.5. The van der Waals surface area contributed by atoms with E-state index in [1.165, 1.54) is 0 Å². The van der Waals surface area contributed by atoms with Crippen molar-refractivity contribution in [2.45, 2.75) is 13.8 Å². The molecule has 0 aliphatic carbocycles. The molecule has 18 heavy (non-hydrogen) atoms. The lowest BCUT2D eigenvalue weighted by molar-refractivity contribution is 0.415. The number of benzene rings is 1. The summed E-state index contributed by atoms with van der Waals surface area (Å²) in [5.41, 5.74) is 3.42. The highest BCUT2D eigenvalue weighted by molar-refractivity contribution is 6.32. The highest BCUT2D eigenvalue weighted by Crippen LogP contribution is 2.37. The molecule has 5 heteroatoms. The maximum atomic E-state index is 8.79. The SMILES string of the molecule is COc1cc(C)c(Cl)c(C)c1-c1cnc(C#N)[nH]1. The molecule has 1 aromatic carbocycles. The quantitative estimate of drug-likeness (QED) is 0.903. The van der Waals surface area contributed by atoms with Crippen LogP contribution in [0.5, 0.6) is 5.75 Å². The van der Waals surface area contributed by atoms with Crippen molar-refractivity contribution in [3.63, 3.8) is 0 Å². The van der Waals surface area contributed by atoms with Gasteiger partial charge in [0.1, 0.15) is 11.8 Å². The number of hydrogen-bond donors (Lipinski definition) is 1. The van der Waals surface area contributed by atoms with E-state index in [-0.39, 0.29) is 5.82 Å². The summed E-state index contributed by atoms with van der Waals surface area (Å²) in [6.07, 6.45) is 1.61. The van der Waals surface area contributed by atoms with Crippen LogP contribution in [-0.2, 0) is 0 Å². The van der Waals surface area contributed by atoms with Gasteiger partial charge in [0, 0.05) is 10.6 Å². The van der Waals surface area contributed by atoms with Crippen molar-refractivity contribution in [3.05, 3.63) is 34.2 Å². The van der Waals surface area contributed by atoms with Gasteiger partial charge in [-0.1, -0.05) is 11.6 Å². The minimum atomic E-state index is 0.267. The first-order valence-electron chi connectivity index (χ1n) is 5.37. The van der Waals surface area contributed by atoms with Gasteiger partial charge in [-0.3, -0.25) is 0 Å². The van der Waals surface area contributed by atoms with Crippen molar-refractivity contribution in [1.82, 2.24) is 9.97 Å². The smallest absolute Gasteiger partial charge is 0.210 e. The fraction of sp³-hybridized carbons (Fsp3) is 0.231. The van der Waals surface area contributed by atoms with Crippen molar-refractivity contribution in [1.29, 1.82) is 5.26 Å². The van der Waals surface area contributed by atoms with E-state index in [1.54, 1.807) is 13.3 Å². The first-order valence-corrected chi connectivity index (χ1v) is 5.75. The Kier molecular flexibility index (Phi) is 3.26. The number of H-pyrrole nitrogens is 1. The second-order valence-electron chi connectivity index (χ2n) is 3.97. The molecule has 0 aliphatic heterocycles. The molecule has 1 N–H and O–H groups in total. The average Bonchev–Trinajstić information content (AvgIpc) is 2.83. The van der Waals surface area contributed by atoms with Crippen molar-refractivity contribution in [2.75, 3.05) is 7.11 Å². The van der Waals surface area contributed by atoms with E-state index in [1.807, 2.05) is 26.0 Å². The Morgan fingerprint density at radius 1 is 1.44 bits per heavy atom. The van der Waals surface area contributed by atoms with Gasteiger partial charge in [-0.15, -0.1) is 0 Å². The summed E-state index contributed by atoms with van der Waals surface area (Å²) in [5, 5.41) is 9.48. The van der Waals surface area contributed by atoms with Gasteiger partial charge in [0.2, 0.25) is 5.82 Å². The monoisotopic (exact) mass is 261 g/mol. The van der Waals surface area contributed by atoms with Gasteiger partial charge in [0.25, 0.3) is 0 Å². The molecule has 2 rings (SSSR count). The summed E-state index contributed by atoms with van der Waals surface area (Å²) in [6.45, 7) is 3.84. The molecular weight excluding hydrogens is 250 g/mol. The largest absolute Gasteiger partial charge is 0.496 e. The first-order chi connectivity index (χ1) is 8.58. The molecule has 1 heterocycles. The van der Waals surface area contributed by atoms with Crippen molar-refractivity contribution in [3.8, 4) is 23.1 Å². The van der Waals surface area contributed by atoms with Gasteiger partial charge in [-0.2, -0.15) is 5.26 Å². The van der Waals surface area contributed by atoms with Crippen LogP contribution < -0.4 is 4.74 Å². The molecule has 0 saturated heterocycles. The molecule has 4 nitrogen and oxygen atoms in total. The minimum absolute atomic E-state index is 0.267. The summed E-state index contributed by atoms with van der Waals surface area (Å²) >= 11 is 6.25. The number of ether oxygens (including phenoxy) is 1. The lowest BCUT2D eigenvalue weighted by atomic mass is 10.0. The molecular formula is C13H12ClN3O. The first kappa shape index (κ1) is 12.5. The van der Waals surface area contributed by atoms with Crippen molar-refractivity contribution in [2.24, 2.45) is 0 Å². The molecule has 0 fully saturated rings. The molecule has 0 radical (unpaired) electrons. The van der Waals surface area contributed by atoms with Gasteiger partial charge in [-0.25, -0.2) is 4.98 Å². The maximum absolute atomic E-state index is 8.79. The number of nitriles is 1. The molecule has 1 aromatic heterocycles. The van der Waals surface area contributed by atoms with Crippen LogP contribution in [0, 0.1) is 25.2 Å². The number of hydrogen-bond acceptors (Lipinski definition) is 3. The number of imidazole rings is 1. The predicted molar refractivity (Wildman–Crippen MR) is 69.8 cm³/mol. The zero-order chi connectivity index (χ0) is 13.3. The van der Waals surface area contributed by atoms with E-state index in [0.29, 0.717) is 10.8 Å². The Labute approximate surface area is 110 Å². The molecule has 0 saturated carbocycles. The molecule has 0 bridgehead atoms. The lowest BCUT2D eigenvalue weighted by Gasteiger charge is -2.13. The van der Waals surface area contributed by atoms with E-state index in [9.17, 15) is 0 Å². The number of methoxy groups -OCH3 is 1. The summed E-state index contributed by atoms with van der Waals surface area (Å²) in [5.74, 6) is 0.977. The van der Waals surface area contributed by atoms with Crippen LogP contribution in [0.1, 0.15) is 17.0 Å². The summed E-state index contributed by atoms with van der Waals surface area (Å²) < 4.78 is 5.37. The molecule has 0 atom stereocenters. The van der Waals surface area contributed by atoms with Crippen LogP contribution in [0.25, 0.3) is 11.3 Å². The van der Waals surface area contributed by atoms with E-state index < -0.39 is 0 Å². The highest BCUT2D eigenvalue weighted by Gasteiger charge is 2.16. The minimum Gasteiger partial charge on any atom is -0.496 e. The molecule has 0 aliphatic rings. The van der Waals surface area contributed by atoms with Gasteiger partial charge >= 0.3 is 0 Å². The van der Waals surface area contributed by atoms with Gasteiger partial charge in [0.05, 0.1) is 19.0 Å². The van der Waals surface area contributed by atoms with Gasteiger partial charge in [-0.05, 0) is 31.0 Å². The predicted octanol–water partition coefficient (Wildman–Crippen LogP) is 3.23. The van der Waals surface area contributed by atoms with Crippen LogP contribution in [0.2, 0.25) is 5.02 Å². The maximum Gasteiger partial charge on any atom is 0.210 e. The van der Waals surface area contributed by atoms with Crippen LogP contribution in [0.3, 0.4) is 0 Å². The Morgan fingerprint density at radius 3 is 2.72 bits per heavy atom. The van der Waals surface area contributed by atoms with Crippen molar-refractivity contribution < 1.29 is 4.74 Å². The number of aromatic amines is 1. The molecule has 0 amide bonds. The van der Waals surface area contributed by atoms with E-state index in [0.717, 1.165) is 22.4 Å². The Morgan fingerprint density at radius 2 is 2.17 bits per heavy atom. The number of aryl methyl sites for hydroxylation is 1. The fourth-order valence-electron chi connectivity index (χ4n) is 1.92. The molecule has 0 unspecified atom stereocenters. The van der Waals surface area contributed by atoms with Gasteiger partial charge < -0.3 is 9.72 Å². The zero-order valence-corrected chi connectivity index (χ0v) is 11.1. The third-order valence-corrected chi connectivity index (χ3v) is 3.40. The van der Waals surface area contributed by atoms with E-state index in [4.69, 9.17) is 21.6 Å². The van der Waals surface area contributed by atoms with E-state index >= 15 is 0 Å². The van der Waals surface area contributed by atoms with E-state index in [2.05, 4.69) is 9.97 Å². The average molecular weight is 262 g/mol. The Hall–Kier alpha value is -1.99. The van der Waals surface area contributed by atoms with Crippen LogP contribution in [0.4, 0.5) is 0 Å². The molecule has 0 spiro atoms. The number of rotatable bonds is 2. The number of nitrogens with one attached hydrogen (secondary N) is 1. The summed E-state index contributed by atoms with van der Waals surface area (Å²) in [4.78, 5) is 6.89. The summed E-state index contributed by atoms with van der Waals surface area (Å²) in [7, 11) is 1.60. The molecule has 2 aromatic rings. The van der Waals surface area contributed by atoms with Crippen LogP contribution in [0.15, 0.2) is 12.3 Å². The standard InChI is InChI=1S/C13H12ClN3O/c1-7-4-10(18-3)12(8(2)13(7)14)9-6-16-11(5-15)17-9/h4,6H,1-3H3,(H,16,17). The topological polar surface area (TPSA) is 61.7 Å². The second kappa shape index (κ2) is 4.71. The Balaban J connectivity index is 2.70. The fourth-order valence-corrected chi connectivity index (χ4v) is 2.07.